The van der Waals surface area contributed by atoms with Gasteiger partial charge in [-0.25, -0.2) is 0 Å². The van der Waals surface area contributed by atoms with E-state index in [0.717, 1.165) is 38.0 Å². The fraction of sp³-hybridized carbons (Fsp3) is 0.650. The number of piperidine rings is 1. The van der Waals surface area contributed by atoms with E-state index < -0.39 is 0 Å². The number of carbonyl (C=O) groups is 1. The number of carbonyl (C=O) groups excluding carboxylic acids is 1. The zero-order valence-corrected chi connectivity index (χ0v) is 14.5. The molecule has 4 heteroatoms. The predicted molar refractivity (Wildman–Crippen MR) is 95.6 cm³/mol. The Balaban J connectivity index is 1.44. The SMILES string of the molecule is O=C(c1ccc(N2CCCCC2)cc1)N1CCOC2(CCCC2)C1. The second kappa shape index (κ2) is 6.75. The zero-order chi connectivity index (χ0) is 16.4. The van der Waals surface area contributed by atoms with Gasteiger partial charge in [0.25, 0.3) is 5.91 Å². The van der Waals surface area contributed by atoms with Crippen molar-refractivity contribution in [3.05, 3.63) is 29.8 Å². The summed E-state index contributed by atoms with van der Waals surface area (Å²) in [5.41, 5.74) is 2.01. The van der Waals surface area contributed by atoms with Crippen LogP contribution in [0, 0.1) is 0 Å². The third kappa shape index (κ3) is 3.16. The standard InChI is InChI=1S/C20H28N2O2/c23-19(22-14-15-24-20(16-22)10-2-3-11-20)17-6-8-18(9-7-17)21-12-4-1-5-13-21/h6-9H,1-5,10-16H2. The molecule has 24 heavy (non-hydrogen) atoms. The lowest BCUT2D eigenvalue weighted by molar-refractivity contribution is -0.0948. The van der Waals surface area contributed by atoms with Crippen LogP contribution in [0.1, 0.15) is 55.3 Å². The van der Waals surface area contributed by atoms with Gasteiger partial charge in [-0.2, -0.15) is 0 Å². The zero-order valence-electron chi connectivity index (χ0n) is 14.5. The van der Waals surface area contributed by atoms with Gasteiger partial charge in [-0.3, -0.25) is 4.79 Å². The number of morpholine rings is 1. The highest BCUT2D eigenvalue weighted by Gasteiger charge is 2.40. The molecule has 1 aromatic rings. The Morgan fingerprint density at radius 3 is 2.33 bits per heavy atom. The summed E-state index contributed by atoms with van der Waals surface area (Å²) in [5.74, 6) is 0.162. The first-order chi connectivity index (χ1) is 11.8. The molecule has 2 saturated heterocycles. The summed E-state index contributed by atoms with van der Waals surface area (Å²) >= 11 is 0. The fourth-order valence-electron chi connectivity index (χ4n) is 4.49. The van der Waals surface area contributed by atoms with Crippen LogP contribution in [0.3, 0.4) is 0 Å². The van der Waals surface area contributed by atoms with Crippen molar-refractivity contribution in [3.8, 4) is 0 Å². The number of benzene rings is 1. The topological polar surface area (TPSA) is 32.8 Å². The third-order valence-corrected chi connectivity index (χ3v) is 5.89. The van der Waals surface area contributed by atoms with E-state index in [1.165, 1.54) is 37.8 Å². The van der Waals surface area contributed by atoms with E-state index in [-0.39, 0.29) is 11.5 Å². The molecule has 0 bridgehead atoms. The van der Waals surface area contributed by atoms with Crippen LogP contribution in [0.25, 0.3) is 0 Å². The summed E-state index contributed by atoms with van der Waals surface area (Å²) in [6.45, 7) is 4.43. The second-order valence-corrected chi connectivity index (χ2v) is 7.56. The highest BCUT2D eigenvalue weighted by molar-refractivity contribution is 5.94. The van der Waals surface area contributed by atoms with Gasteiger partial charge in [0.2, 0.25) is 0 Å². The molecule has 0 radical (unpaired) electrons. The summed E-state index contributed by atoms with van der Waals surface area (Å²) in [5, 5.41) is 0. The van der Waals surface area contributed by atoms with Gasteiger partial charge in [0.1, 0.15) is 0 Å². The van der Waals surface area contributed by atoms with Crippen molar-refractivity contribution in [1.82, 2.24) is 4.90 Å². The normalized spacial score (nSPS) is 23.7. The Bertz CT molecular complexity index is 572. The molecule has 1 amide bonds. The van der Waals surface area contributed by atoms with E-state index in [2.05, 4.69) is 17.0 Å². The van der Waals surface area contributed by atoms with Crippen LogP contribution in [0.15, 0.2) is 24.3 Å². The van der Waals surface area contributed by atoms with E-state index in [0.29, 0.717) is 13.2 Å². The highest BCUT2D eigenvalue weighted by Crippen LogP contribution is 2.36. The molecule has 2 aliphatic heterocycles. The number of ether oxygens (including phenoxy) is 1. The van der Waals surface area contributed by atoms with Gasteiger partial charge in [-0.05, 0) is 56.4 Å². The van der Waals surface area contributed by atoms with Gasteiger partial charge in [-0.1, -0.05) is 12.8 Å². The largest absolute Gasteiger partial charge is 0.372 e. The lowest BCUT2D eigenvalue weighted by atomic mass is 9.99. The van der Waals surface area contributed by atoms with Crippen molar-refractivity contribution in [2.45, 2.75) is 50.5 Å². The molecule has 0 atom stereocenters. The van der Waals surface area contributed by atoms with Crippen LogP contribution in [0.2, 0.25) is 0 Å². The maximum atomic E-state index is 12.9. The molecule has 4 rings (SSSR count). The maximum absolute atomic E-state index is 12.9. The summed E-state index contributed by atoms with van der Waals surface area (Å²) in [6.07, 6.45) is 8.55. The summed E-state index contributed by atoms with van der Waals surface area (Å²) in [7, 11) is 0. The van der Waals surface area contributed by atoms with Gasteiger partial charge in [0, 0.05) is 30.9 Å². The Kier molecular flexibility index (Phi) is 4.49. The number of anilines is 1. The smallest absolute Gasteiger partial charge is 0.254 e. The molecule has 0 aromatic heterocycles. The first-order valence-electron chi connectivity index (χ1n) is 9.54. The maximum Gasteiger partial charge on any atom is 0.254 e. The van der Waals surface area contributed by atoms with Crippen LogP contribution in [0.5, 0.6) is 0 Å². The average molecular weight is 328 g/mol. The number of hydrogen-bond donors (Lipinski definition) is 0. The molecule has 4 nitrogen and oxygen atoms in total. The van der Waals surface area contributed by atoms with Gasteiger partial charge < -0.3 is 14.5 Å². The monoisotopic (exact) mass is 328 g/mol. The average Bonchev–Trinajstić information content (AvgIpc) is 3.09. The molecular formula is C20H28N2O2. The molecule has 1 saturated carbocycles. The molecule has 1 aromatic carbocycles. The number of rotatable bonds is 2. The number of nitrogens with zero attached hydrogens (tertiary/aromatic N) is 2. The molecule has 3 fully saturated rings. The van der Waals surface area contributed by atoms with Crippen molar-refractivity contribution < 1.29 is 9.53 Å². The number of amides is 1. The molecule has 2 heterocycles. The molecule has 130 valence electrons. The molecule has 1 aliphatic carbocycles. The van der Waals surface area contributed by atoms with Gasteiger partial charge in [-0.15, -0.1) is 0 Å². The fourth-order valence-corrected chi connectivity index (χ4v) is 4.49. The quantitative estimate of drug-likeness (QED) is 0.833. The molecule has 1 spiro atoms. The number of hydrogen-bond acceptors (Lipinski definition) is 3. The molecule has 0 unspecified atom stereocenters. The van der Waals surface area contributed by atoms with Gasteiger partial charge >= 0.3 is 0 Å². The first kappa shape index (κ1) is 15.9. The lowest BCUT2D eigenvalue weighted by Crippen LogP contribution is -2.52. The summed E-state index contributed by atoms with van der Waals surface area (Å²) < 4.78 is 6.04. The molecule has 3 aliphatic rings. The predicted octanol–water partition coefficient (Wildman–Crippen LogP) is 3.46. The Hall–Kier alpha value is -1.55. The van der Waals surface area contributed by atoms with Crippen LogP contribution in [-0.4, -0.2) is 49.2 Å². The van der Waals surface area contributed by atoms with Crippen LogP contribution in [0.4, 0.5) is 5.69 Å². The lowest BCUT2D eigenvalue weighted by Gasteiger charge is -2.40. The second-order valence-electron chi connectivity index (χ2n) is 7.56. The van der Waals surface area contributed by atoms with E-state index in [1.54, 1.807) is 0 Å². The minimum atomic E-state index is -0.0539. The van der Waals surface area contributed by atoms with Crippen molar-refractivity contribution in [3.63, 3.8) is 0 Å². The van der Waals surface area contributed by atoms with Crippen LogP contribution in [-0.2, 0) is 4.74 Å². The third-order valence-electron chi connectivity index (χ3n) is 5.89. The first-order valence-corrected chi connectivity index (χ1v) is 9.54. The Morgan fingerprint density at radius 2 is 1.62 bits per heavy atom. The van der Waals surface area contributed by atoms with Crippen molar-refractivity contribution in [2.24, 2.45) is 0 Å². The highest BCUT2D eigenvalue weighted by atomic mass is 16.5. The van der Waals surface area contributed by atoms with E-state index in [4.69, 9.17) is 4.74 Å². The molecule has 0 N–H and O–H groups in total. The van der Waals surface area contributed by atoms with Gasteiger partial charge in [0.15, 0.2) is 0 Å². The van der Waals surface area contributed by atoms with Crippen molar-refractivity contribution >= 4 is 11.6 Å². The minimum absolute atomic E-state index is 0.0539. The van der Waals surface area contributed by atoms with Crippen LogP contribution >= 0.6 is 0 Å². The van der Waals surface area contributed by atoms with Crippen molar-refractivity contribution in [1.29, 1.82) is 0 Å². The van der Waals surface area contributed by atoms with Gasteiger partial charge in [0.05, 0.1) is 18.8 Å². The minimum Gasteiger partial charge on any atom is -0.372 e. The molecular weight excluding hydrogens is 300 g/mol. The van der Waals surface area contributed by atoms with E-state index >= 15 is 0 Å². The van der Waals surface area contributed by atoms with Crippen LogP contribution < -0.4 is 4.90 Å². The Labute approximate surface area is 144 Å². The Morgan fingerprint density at radius 1 is 0.917 bits per heavy atom. The van der Waals surface area contributed by atoms with E-state index in [1.807, 2.05) is 17.0 Å². The summed E-state index contributed by atoms with van der Waals surface area (Å²) in [6, 6.07) is 8.24. The van der Waals surface area contributed by atoms with E-state index in [9.17, 15) is 4.79 Å². The van der Waals surface area contributed by atoms with Crippen molar-refractivity contribution in [2.75, 3.05) is 37.7 Å². The summed E-state index contributed by atoms with van der Waals surface area (Å²) in [4.78, 5) is 17.3.